The zero-order valence-electron chi connectivity index (χ0n) is 19.1. The van der Waals surface area contributed by atoms with Crippen molar-refractivity contribution in [1.82, 2.24) is 10.3 Å². The highest BCUT2D eigenvalue weighted by Gasteiger charge is 2.32. The molecule has 2 aromatic heterocycles. The summed E-state index contributed by atoms with van der Waals surface area (Å²) in [6.07, 6.45) is 2.12. The summed E-state index contributed by atoms with van der Waals surface area (Å²) in [4.78, 5) is 19.8. The van der Waals surface area contributed by atoms with Crippen LogP contribution in [0, 0.1) is 0 Å². The number of carbonyl (C=O) groups excluding carboxylic acids is 1. The summed E-state index contributed by atoms with van der Waals surface area (Å²) < 4.78 is 0. The second kappa shape index (κ2) is 7.42. The van der Waals surface area contributed by atoms with Crippen LogP contribution in [-0.2, 0) is 5.41 Å². The molecule has 33 heavy (non-hydrogen) atoms. The normalized spacial score (nSPS) is 18.0. The van der Waals surface area contributed by atoms with Crippen LogP contribution in [0.2, 0.25) is 0 Å². The predicted octanol–water partition coefficient (Wildman–Crippen LogP) is 6.99. The van der Waals surface area contributed by atoms with E-state index >= 15 is 0 Å². The lowest BCUT2D eigenvalue weighted by Gasteiger charge is -2.27. The van der Waals surface area contributed by atoms with E-state index in [1.54, 1.807) is 0 Å². The van der Waals surface area contributed by atoms with Gasteiger partial charge in [-0.15, -0.1) is 11.3 Å². The molecule has 2 N–H and O–H groups in total. The number of rotatable bonds is 3. The Kier molecular flexibility index (Phi) is 4.59. The van der Waals surface area contributed by atoms with E-state index in [-0.39, 0.29) is 17.5 Å². The number of aromatic nitrogens is 1. The fraction of sp³-hybridized carbons (Fsp3) is 0.286. The number of benzene rings is 2. The van der Waals surface area contributed by atoms with Gasteiger partial charge in [0.05, 0.1) is 5.69 Å². The first-order valence-corrected chi connectivity index (χ1v) is 12.4. The summed E-state index contributed by atoms with van der Waals surface area (Å²) in [5, 5.41) is 7.84. The fourth-order valence-electron chi connectivity index (χ4n) is 4.57. The third-order valence-electron chi connectivity index (χ3n) is 6.64. The van der Waals surface area contributed by atoms with Crippen molar-refractivity contribution in [3.05, 3.63) is 82.4 Å². The molecule has 1 amide bonds. The molecular weight excluding hydrogens is 426 g/mol. The van der Waals surface area contributed by atoms with Gasteiger partial charge in [0, 0.05) is 17.0 Å². The van der Waals surface area contributed by atoms with Gasteiger partial charge in [-0.1, -0.05) is 75.4 Å². The molecule has 1 aliphatic carbocycles. The Hall–Kier alpha value is -3.18. The van der Waals surface area contributed by atoms with Crippen molar-refractivity contribution in [1.29, 1.82) is 0 Å². The van der Waals surface area contributed by atoms with Crippen LogP contribution in [0.15, 0.2) is 60.7 Å². The first kappa shape index (κ1) is 20.4. The topological polar surface area (TPSA) is 54.0 Å². The highest BCUT2D eigenvalue weighted by atomic mass is 32.1. The number of thiophene rings is 1. The Balaban J connectivity index is 1.47. The van der Waals surface area contributed by atoms with Crippen LogP contribution in [0.3, 0.4) is 0 Å². The van der Waals surface area contributed by atoms with Crippen molar-refractivity contribution in [3.63, 3.8) is 0 Å². The van der Waals surface area contributed by atoms with Gasteiger partial charge in [-0.2, -0.15) is 0 Å². The fourth-order valence-corrected chi connectivity index (χ4v) is 5.64. The number of carbonyl (C=O) groups is 1. The second-order valence-corrected chi connectivity index (χ2v) is 11.1. The molecule has 4 aromatic rings. The SMILES string of the molecule is CC(C)(C)c1ccc([C@H]2NC(=O)c3sc4nc(C5CC5)cc(-c5ccccc5)c4c3N2)cc1. The van der Waals surface area contributed by atoms with E-state index in [1.165, 1.54) is 29.7 Å². The predicted molar refractivity (Wildman–Crippen MR) is 136 cm³/mol. The quantitative estimate of drug-likeness (QED) is 0.351. The zero-order chi connectivity index (χ0) is 22.7. The van der Waals surface area contributed by atoms with Crippen LogP contribution in [0.4, 0.5) is 5.69 Å². The van der Waals surface area contributed by atoms with Gasteiger partial charge in [-0.3, -0.25) is 4.79 Å². The molecule has 0 spiro atoms. The van der Waals surface area contributed by atoms with Crippen molar-refractivity contribution >= 4 is 33.1 Å². The summed E-state index contributed by atoms with van der Waals surface area (Å²) >= 11 is 1.49. The molecule has 1 fully saturated rings. The molecule has 2 aliphatic rings. The number of nitrogens with one attached hydrogen (secondary N) is 2. The van der Waals surface area contributed by atoms with Gasteiger partial charge < -0.3 is 10.6 Å². The van der Waals surface area contributed by atoms with E-state index in [2.05, 4.69) is 86.0 Å². The highest BCUT2D eigenvalue weighted by molar-refractivity contribution is 7.21. The minimum atomic E-state index is -0.274. The number of nitrogens with zero attached hydrogens (tertiary/aromatic N) is 1. The molecule has 166 valence electrons. The Morgan fingerprint density at radius 3 is 2.36 bits per heavy atom. The van der Waals surface area contributed by atoms with Gasteiger partial charge in [-0.05, 0) is 46.6 Å². The first-order chi connectivity index (χ1) is 15.9. The third-order valence-corrected chi connectivity index (χ3v) is 7.73. The Labute approximate surface area is 198 Å². The van der Waals surface area contributed by atoms with Crippen molar-refractivity contribution in [2.45, 2.75) is 51.1 Å². The summed E-state index contributed by atoms with van der Waals surface area (Å²) in [5.74, 6) is 0.510. The number of fused-ring (bicyclic) bond motifs is 3. The Morgan fingerprint density at radius 2 is 1.70 bits per heavy atom. The van der Waals surface area contributed by atoms with Crippen LogP contribution in [0.25, 0.3) is 21.3 Å². The Morgan fingerprint density at radius 1 is 0.970 bits per heavy atom. The standard InChI is InChI=1S/C28H27N3OS/c1-28(2,3)19-13-11-18(12-14-19)25-30-23-22-20(16-7-5-4-6-8-16)15-21(17-9-10-17)29-27(22)33-24(23)26(32)31-25/h4-8,11-15,17,25,30H,9-10H2,1-3H3,(H,31,32)/t25-/m1/s1. The maximum absolute atomic E-state index is 13.2. The lowest BCUT2D eigenvalue weighted by molar-refractivity contribution is 0.0940. The first-order valence-electron chi connectivity index (χ1n) is 11.6. The largest absolute Gasteiger partial charge is 0.360 e. The lowest BCUT2D eigenvalue weighted by Crippen LogP contribution is -2.37. The van der Waals surface area contributed by atoms with Crippen molar-refractivity contribution in [3.8, 4) is 11.1 Å². The maximum Gasteiger partial charge on any atom is 0.265 e. The van der Waals surface area contributed by atoms with Crippen LogP contribution in [0.5, 0.6) is 0 Å². The number of amides is 1. The summed E-state index contributed by atoms with van der Waals surface area (Å²) in [6.45, 7) is 6.63. The molecule has 5 heteroatoms. The van der Waals surface area contributed by atoms with E-state index < -0.39 is 0 Å². The molecule has 6 rings (SSSR count). The van der Waals surface area contributed by atoms with Crippen LogP contribution in [0.1, 0.15) is 72.2 Å². The molecule has 1 atom stereocenters. The molecule has 4 nitrogen and oxygen atoms in total. The molecular formula is C28H27N3OS. The van der Waals surface area contributed by atoms with E-state index in [0.29, 0.717) is 10.8 Å². The molecule has 0 saturated heterocycles. The van der Waals surface area contributed by atoms with Gasteiger partial charge in [0.15, 0.2) is 0 Å². The van der Waals surface area contributed by atoms with Gasteiger partial charge in [-0.25, -0.2) is 4.98 Å². The average Bonchev–Trinajstić information content (AvgIpc) is 3.59. The molecule has 1 aliphatic heterocycles. The summed E-state index contributed by atoms with van der Waals surface area (Å²) in [6, 6.07) is 21.2. The van der Waals surface area contributed by atoms with Crippen LogP contribution >= 0.6 is 11.3 Å². The van der Waals surface area contributed by atoms with Gasteiger partial charge in [0.25, 0.3) is 5.91 Å². The average molecular weight is 454 g/mol. The van der Waals surface area contributed by atoms with E-state index in [1.807, 2.05) is 6.07 Å². The monoisotopic (exact) mass is 453 g/mol. The second-order valence-electron chi connectivity index (χ2n) is 10.1. The van der Waals surface area contributed by atoms with Gasteiger partial charge in [0.1, 0.15) is 15.9 Å². The zero-order valence-corrected chi connectivity index (χ0v) is 19.9. The van der Waals surface area contributed by atoms with E-state index in [0.717, 1.165) is 38.3 Å². The minimum Gasteiger partial charge on any atom is -0.360 e. The van der Waals surface area contributed by atoms with Crippen LogP contribution in [-0.4, -0.2) is 10.9 Å². The molecule has 0 unspecified atom stereocenters. The van der Waals surface area contributed by atoms with Crippen LogP contribution < -0.4 is 10.6 Å². The minimum absolute atomic E-state index is 0.0383. The van der Waals surface area contributed by atoms with Crippen molar-refractivity contribution < 1.29 is 4.79 Å². The third kappa shape index (κ3) is 3.61. The molecule has 0 bridgehead atoms. The van der Waals surface area contributed by atoms with Crippen molar-refractivity contribution in [2.24, 2.45) is 0 Å². The molecule has 0 radical (unpaired) electrons. The number of anilines is 1. The Bertz CT molecular complexity index is 1360. The number of pyridine rings is 1. The van der Waals surface area contributed by atoms with Gasteiger partial charge >= 0.3 is 0 Å². The summed E-state index contributed by atoms with van der Waals surface area (Å²) in [5.41, 5.74) is 6.78. The van der Waals surface area contributed by atoms with E-state index in [4.69, 9.17) is 4.98 Å². The molecule has 3 heterocycles. The molecule has 1 saturated carbocycles. The summed E-state index contributed by atoms with van der Waals surface area (Å²) in [7, 11) is 0. The highest BCUT2D eigenvalue weighted by Crippen LogP contribution is 2.47. The smallest absolute Gasteiger partial charge is 0.265 e. The number of hydrogen-bond donors (Lipinski definition) is 2. The lowest BCUT2D eigenvalue weighted by atomic mass is 9.86. The van der Waals surface area contributed by atoms with Crippen molar-refractivity contribution in [2.75, 3.05) is 5.32 Å². The molecule has 2 aromatic carbocycles. The number of hydrogen-bond acceptors (Lipinski definition) is 4. The van der Waals surface area contributed by atoms with Gasteiger partial charge in [0.2, 0.25) is 0 Å². The van der Waals surface area contributed by atoms with E-state index in [9.17, 15) is 4.79 Å². The maximum atomic E-state index is 13.2.